The van der Waals surface area contributed by atoms with E-state index >= 15 is 0 Å². The van der Waals surface area contributed by atoms with Crippen LogP contribution < -0.4 is 5.32 Å². The minimum absolute atomic E-state index is 0.781. The molecule has 21 heavy (non-hydrogen) atoms. The summed E-state index contributed by atoms with van der Waals surface area (Å²) in [6.45, 7) is 1.87. The summed E-state index contributed by atoms with van der Waals surface area (Å²) in [6, 6.07) is 8.14. The average molecular weight is 279 g/mol. The van der Waals surface area contributed by atoms with Crippen LogP contribution in [-0.4, -0.2) is 26.5 Å². The third-order valence-corrected chi connectivity index (χ3v) is 3.88. The van der Waals surface area contributed by atoms with Gasteiger partial charge >= 0.3 is 0 Å². The Hall–Kier alpha value is -2.27. The summed E-state index contributed by atoms with van der Waals surface area (Å²) in [5.74, 6) is 0.880. The number of nitrogens with one attached hydrogen (secondary N) is 1. The highest BCUT2D eigenvalue weighted by atomic mass is 15.4. The first-order valence-electron chi connectivity index (χ1n) is 7.35. The van der Waals surface area contributed by atoms with Crippen LogP contribution in [0.25, 0.3) is 16.5 Å². The predicted octanol–water partition coefficient (Wildman–Crippen LogP) is 2.32. The van der Waals surface area contributed by atoms with Crippen LogP contribution in [0.15, 0.2) is 42.9 Å². The average Bonchev–Trinajstić information content (AvgIpc) is 3.23. The van der Waals surface area contributed by atoms with Crippen molar-refractivity contribution in [2.75, 3.05) is 6.54 Å². The zero-order chi connectivity index (χ0) is 14.1. The van der Waals surface area contributed by atoms with Gasteiger partial charge in [-0.2, -0.15) is 0 Å². The zero-order valence-corrected chi connectivity index (χ0v) is 11.7. The molecule has 3 aromatic rings. The number of pyridine rings is 1. The van der Waals surface area contributed by atoms with E-state index in [1.165, 1.54) is 12.8 Å². The van der Waals surface area contributed by atoms with E-state index in [0.717, 1.165) is 41.2 Å². The smallest absolute Gasteiger partial charge is 0.0969 e. The molecule has 0 amide bonds. The molecule has 106 valence electrons. The molecule has 4 rings (SSSR count). The third kappa shape index (κ3) is 2.64. The van der Waals surface area contributed by atoms with E-state index in [2.05, 4.69) is 32.7 Å². The van der Waals surface area contributed by atoms with Crippen molar-refractivity contribution in [1.82, 2.24) is 25.3 Å². The van der Waals surface area contributed by atoms with Crippen LogP contribution in [0.5, 0.6) is 0 Å². The van der Waals surface area contributed by atoms with Crippen LogP contribution in [-0.2, 0) is 6.54 Å². The van der Waals surface area contributed by atoms with Gasteiger partial charge in [-0.1, -0.05) is 17.3 Å². The normalized spacial score (nSPS) is 14.7. The molecule has 0 atom stereocenters. The molecule has 1 fully saturated rings. The second-order valence-electron chi connectivity index (χ2n) is 5.60. The maximum absolute atomic E-state index is 4.26. The van der Waals surface area contributed by atoms with Gasteiger partial charge in [0.05, 0.1) is 17.6 Å². The number of benzene rings is 1. The summed E-state index contributed by atoms with van der Waals surface area (Å²) < 4.78 is 1.84. The molecule has 1 saturated carbocycles. The lowest BCUT2D eigenvalue weighted by Gasteiger charge is -2.04. The monoisotopic (exact) mass is 279 g/mol. The predicted molar refractivity (Wildman–Crippen MR) is 81.1 cm³/mol. The Kier molecular flexibility index (Phi) is 3.12. The van der Waals surface area contributed by atoms with Gasteiger partial charge in [0.2, 0.25) is 0 Å². The molecule has 2 aromatic heterocycles. The van der Waals surface area contributed by atoms with Crippen LogP contribution in [0.3, 0.4) is 0 Å². The molecular weight excluding hydrogens is 262 g/mol. The van der Waals surface area contributed by atoms with Crippen molar-refractivity contribution >= 4 is 10.8 Å². The van der Waals surface area contributed by atoms with Gasteiger partial charge in [0.1, 0.15) is 0 Å². The lowest BCUT2D eigenvalue weighted by atomic mass is 10.1. The summed E-state index contributed by atoms with van der Waals surface area (Å²) in [5.41, 5.74) is 2.01. The maximum atomic E-state index is 4.26. The van der Waals surface area contributed by atoms with Gasteiger partial charge < -0.3 is 5.32 Å². The first-order valence-corrected chi connectivity index (χ1v) is 7.35. The van der Waals surface area contributed by atoms with Crippen LogP contribution >= 0.6 is 0 Å². The van der Waals surface area contributed by atoms with Gasteiger partial charge in [-0.25, -0.2) is 4.68 Å². The van der Waals surface area contributed by atoms with E-state index in [1.54, 1.807) is 6.20 Å². The number of hydrogen-bond donors (Lipinski definition) is 1. The molecule has 0 radical (unpaired) electrons. The lowest BCUT2D eigenvalue weighted by Crippen LogP contribution is -2.16. The van der Waals surface area contributed by atoms with Gasteiger partial charge in [0.15, 0.2) is 0 Å². The fraction of sp³-hybridized carbons (Fsp3) is 0.312. The number of fused-ring (bicyclic) bond motifs is 1. The number of rotatable bonds is 5. The molecule has 5 heteroatoms. The minimum atomic E-state index is 0.781. The number of hydrogen-bond acceptors (Lipinski definition) is 4. The minimum Gasteiger partial charge on any atom is -0.311 e. The van der Waals surface area contributed by atoms with Gasteiger partial charge in [0.25, 0.3) is 0 Å². The van der Waals surface area contributed by atoms with Crippen LogP contribution in [0.1, 0.15) is 18.5 Å². The summed E-state index contributed by atoms with van der Waals surface area (Å²) in [4.78, 5) is 4.16. The molecule has 5 nitrogen and oxygen atoms in total. The molecule has 1 aliphatic carbocycles. The van der Waals surface area contributed by atoms with Crippen molar-refractivity contribution in [3.8, 4) is 5.69 Å². The quantitative estimate of drug-likeness (QED) is 0.778. The van der Waals surface area contributed by atoms with E-state index in [4.69, 9.17) is 0 Å². The van der Waals surface area contributed by atoms with Gasteiger partial charge in [0, 0.05) is 29.7 Å². The zero-order valence-electron chi connectivity index (χ0n) is 11.7. The van der Waals surface area contributed by atoms with Crippen LogP contribution in [0.4, 0.5) is 0 Å². The molecule has 2 heterocycles. The first kappa shape index (κ1) is 12.5. The maximum Gasteiger partial charge on any atom is 0.0969 e. The van der Waals surface area contributed by atoms with Crippen LogP contribution in [0, 0.1) is 5.92 Å². The molecule has 1 aromatic carbocycles. The summed E-state index contributed by atoms with van der Waals surface area (Å²) in [5, 5.41) is 14.2. The highest BCUT2D eigenvalue weighted by Gasteiger charge is 2.20. The van der Waals surface area contributed by atoms with Crippen molar-refractivity contribution in [3.63, 3.8) is 0 Å². The van der Waals surface area contributed by atoms with E-state index < -0.39 is 0 Å². The Morgan fingerprint density at radius 2 is 2.19 bits per heavy atom. The fourth-order valence-electron chi connectivity index (χ4n) is 2.53. The van der Waals surface area contributed by atoms with Crippen LogP contribution in [0.2, 0.25) is 0 Å². The van der Waals surface area contributed by atoms with Crippen molar-refractivity contribution < 1.29 is 0 Å². The Morgan fingerprint density at radius 1 is 1.24 bits per heavy atom. The fourth-order valence-corrected chi connectivity index (χ4v) is 2.53. The van der Waals surface area contributed by atoms with E-state index in [-0.39, 0.29) is 0 Å². The highest BCUT2D eigenvalue weighted by Crippen LogP contribution is 2.27. The highest BCUT2D eigenvalue weighted by molar-refractivity contribution is 5.89. The van der Waals surface area contributed by atoms with Crippen molar-refractivity contribution in [3.05, 3.63) is 48.5 Å². The molecule has 1 aliphatic rings. The Balaban J connectivity index is 1.58. The molecule has 0 spiro atoms. The molecule has 0 aliphatic heterocycles. The van der Waals surface area contributed by atoms with Gasteiger partial charge in [-0.05, 0) is 37.4 Å². The molecule has 0 unspecified atom stereocenters. The van der Waals surface area contributed by atoms with E-state index in [1.807, 2.05) is 29.2 Å². The second kappa shape index (κ2) is 5.26. The summed E-state index contributed by atoms with van der Waals surface area (Å²) in [7, 11) is 0. The largest absolute Gasteiger partial charge is 0.311 e. The SMILES string of the molecule is c1cc(-n2cc(CNCC3CC3)nn2)c2ccncc2c1. The second-order valence-corrected chi connectivity index (χ2v) is 5.60. The molecule has 0 saturated heterocycles. The van der Waals surface area contributed by atoms with E-state index in [9.17, 15) is 0 Å². The topological polar surface area (TPSA) is 55.6 Å². The van der Waals surface area contributed by atoms with E-state index in [0.29, 0.717) is 0 Å². The van der Waals surface area contributed by atoms with Crippen molar-refractivity contribution in [2.45, 2.75) is 19.4 Å². The Bertz CT molecular complexity index is 755. The first-order chi connectivity index (χ1) is 10.4. The van der Waals surface area contributed by atoms with Crippen molar-refractivity contribution in [1.29, 1.82) is 0 Å². The van der Waals surface area contributed by atoms with Crippen molar-refractivity contribution in [2.24, 2.45) is 5.92 Å². The lowest BCUT2D eigenvalue weighted by molar-refractivity contribution is 0.628. The molecule has 0 bridgehead atoms. The molecule has 1 N–H and O–H groups in total. The summed E-state index contributed by atoms with van der Waals surface area (Å²) >= 11 is 0. The van der Waals surface area contributed by atoms with Gasteiger partial charge in [-0.15, -0.1) is 5.10 Å². The number of nitrogens with zero attached hydrogens (tertiary/aromatic N) is 4. The number of aromatic nitrogens is 4. The Labute approximate surface area is 123 Å². The molecular formula is C16H17N5. The Morgan fingerprint density at radius 3 is 3.10 bits per heavy atom. The third-order valence-electron chi connectivity index (χ3n) is 3.88. The summed E-state index contributed by atoms with van der Waals surface area (Å²) in [6.07, 6.45) is 8.40. The van der Waals surface area contributed by atoms with Gasteiger partial charge in [-0.3, -0.25) is 4.98 Å². The standard InChI is InChI=1S/C16H17N5/c1-2-13-9-17-7-6-15(13)16(3-1)21-11-14(19-20-21)10-18-8-12-4-5-12/h1-3,6-7,9,11-12,18H,4-5,8,10H2.